The molecule has 0 bridgehead atoms. The van der Waals surface area contributed by atoms with Crippen molar-refractivity contribution < 1.29 is 4.74 Å². The number of hydrogen-bond acceptors (Lipinski definition) is 7. The van der Waals surface area contributed by atoms with Crippen LogP contribution in [0, 0.1) is 0 Å². The van der Waals surface area contributed by atoms with E-state index >= 15 is 0 Å². The summed E-state index contributed by atoms with van der Waals surface area (Å²) in [4.78, 5) is 16.9. The van der Waals surface area contributed by atoms with Gasteiger partial charge in [0.1, 0.15) is 11.6 Å². The molecule has 2 aromatic rings. The van der Waals surface area contributed by atoms with E-state index in [4.69, 9.17) is 26.9 Å². The Labute approximate surface area is 208 Å². The molecule has 4 rings (SSSR count). The van der Waals surface area contributed by atoms with Gasteiger partial charge in [-0.1, -0.05) is 18.2 Å². The Hall–Kier alpha value is -2.65. The van der Waals surface area contributed by atoms with Crippen LogP contribution in [0.25, 0.3) is 0 Å². The first-order valence-corrected chi connectivity index (χ1v) is 12.8. The van der Waals surface area contributed by atoms with Gasteiger partial charge in [-0.15, -0.1) is 0 Å². The van der Waals surface area contributed by atoms with Crippen LogP contribution in [0.2, 0.25) is 0 Å². The number of thiocarbonyl (C=S) groups is 1. The van der Waals surface area contributed by atoms with E-state index in [0.717, 1.165) is 57.3 Å². The Bertz CT molecular complexity index is 921. The second-order valence-corrected chi connectivity index (χ2v) is 9.39. The third-order valence-electron chi connectivity index (χ3n) is 6.56. The Kier molecular flexibility index (Phi) is 8.76. The van der Waals surface area contributed by atoms with E-state index in [0.29, 0.717) is 23.7 Å². The van der Waals surface area contributed by atoms with Crippen molar-refractivity contribution in [2.45, 2.75) is 38.6 Å². The van der Waals surface area contributed by atoms with Gasteiger partial charge >= 0.3 is 0 Å². The molecule has 1 unspecified atom stereocenters. The van der Waals surface area contributed by atoms with Crippen LogP contribution in [0.1, 0.15) is 32.6 Å². The molecule has 0 spiro atoms. The van der Waals surface area contributed by atoms with Crippen LogP contribution in [0.3, 0.4) is 0 Å². The van der Waals surface area contributed by atoms with Crippen molar-refractivity contribution in [3.8, 4) is 0 Å². The summed E-state index contributed by atoms with van der Waals surface area (Å²) in [5.74, 6) is 2.49. The highest BCUT2D eigenvalue weighted by Gasteiger charge is 2.24. The molecule has 0 amide bonds. The number of piperidine rings is 1. The van der Waals surface area contributed by atoms with Gasteiger partial charge in [-0.2, -0.15) is 9.97 Å². The summed E-state index contributed by atoms with van der Waals surface area (Å²) in [7, 11) is 1.71. The van der Waals surface area contributed by atoms with E-state index < -0.39 is 0 Å². The number of ether oxygens (including phenoxy) is 1. The zero-order valence-corrected chi connectivity index (χ0v) is 21.2. The number of methoxy groups -OCH3 is 1. The minimum absolute atomic E-state index is 0.471. The Morgan fingerprint density at radius 3 is 2.50 bits per heavy atom. The number of para-hydroxylation sites is 1. The number of aromatic nitrogens is 2. The molecule has 2 aliphatic rings. The molecule has 0 saturated carbocycles. The predicted octanol–water partition coefficient (Wildman–Crippen LogP) is 3.50. The average molecular weight is 484 g/mol. The zero-order valence-electron chi connectivity index (χ0n) is 20.4. The largest absolute Gasteiger partial charge is 0.385 e. The first-order valence-electron chi connectivity index (χ1n) is 12.4. The second kappa shape index (κ2) is 12.2. The first kappa shape index (κ1) is 24.5. The maximum atomic E-state index is 5.50. The molecule has 2 fully saturated rings. The molecule has 34 heavy (non-hydrogen) atoms. The van der Waals surface area contributed by atoms with Gasteiger partial charge in [-0.25, -0.2) is 0 Å². The van der Waals surface area contributed by atoms with Crippen LogP contribution in [-0.4, -0.2) is 74.1 Å². The summed E-state index contributed by atoms with van der Waals surface area (Å²) in [6.07, 6.45) is 4.55. The summed E-state index contributed by atoms with van der Waals surface area (Å²) in [5, 5.41) is 6.99. The molecular formula is C25H37N7OS. The third kappa shape index (κ3) is 6.48. The van der Waals surface area contributed by atoms with Gasteiger partial charge < -0.3 is 30.1 Å². The average Bonchev–Trinajstić information content (AvgIpc) is 2.87. The van der Waals surface area contributed by atoms with Crippen molar-refractivity contribution in [3.05, 3.63) is 36.4 Å². The van der Waals surface area contributed by atoms with Crippen LogP contribution in [0.5, 0.6) is 0 Å². The van der Waals surface area contributed by atoms with Gasteiger partial charge in [-0.3, -0.25) is 0 Å². The Morgan fingerprint density at radius 1 is 1.03 bits per heavy atom. The molecule has 8 nitrogen and oxygen atoms in total. The second-order valence-electron chi connectivity index (χ2n) is 8.98. The molecule has 1 aromatic carbocycles. The summed E-state index contributed by atoms with van der Waals surface area (Å²) >= 11 is 5.50. The number of piperazine rings is 1. The lowest BCUT2D eigenvalue weighted by Gasteiger charge is -2.38. The lowest BCUT2D eigenvalue weighted by atomic mass is 10.0. The van der Waals surface area contributed by atoms with E-state index in [2.05, 4.69) is 68.7 Å². The highest BCUT2D eigenvalue weighted by atomic mass is 32.1. The maximum absolute atomic E-state index is 5.50. The Balaban J connectivity index is 1.48. The molecule has 184 valence electrons. The SMILES string of the molecule is COCCCNC(=S)Nc1nc(N2CCN(c3ccccc3)CC2)cc(N2CCCCC2C)n1. The highest BCUT2D eigenvalue weighted by molar-refractivity contribution is 7.80. The van der Waals surface area contributed by atoms with E-state index in [-0.39, 0.29) is 0 Å². The molecule has 3 heterocycles. The molecule has 2 aliphatic heterocycles. The molecule has 1 atom stereocenters. The van der Waals surface area contributed by atoms with Gasteiger partial charge in [0.05, 0.1) is 0 Å². The molecular weight excluding hydrogens is 446 g/mol. The van der Waals surface area contributed by atoms with Gasteiger partial charge in [-0.05, 0) is 57.0 Å². The molecule has 1 aromatic heterocycles. The summed E-state index contributed by atoms with van der Waals surface area (Å²) < 4.78 is 5.11. The number of hydrogen-bond donors (Lipinski definition) is 2. The van der Waals surface area contributed by atoms with Crippen LogP contribution in [0.4, 0.5) is 23.3 Å². The topological polar surface area (TPSA) is 68.8 Å². The quantitative estimate of drug-likeness (QED) is 0.434. The predicted molar refractivity (Wildman–Crippen MR) is 144 cm³/mol. The smallest absolute Gasteiger partial charge is 0.232 e. The van der Waals surface area contributed by atoms with Crippen LogP contribution < -0.4 is 25.3 Å². The lowest BCUT2D eigenvalue weighted by Crippen LogP contribution is -2.47. The van der Waals surface area contributed by atoms with Crippen LogP contribution >= 0.6 is 12.2 Å². The lowest BCUT2D eigenvalue weighted by molar-refractivity contribution is 0.196. The fraction of sp³-hybridized carbons (Fsp3) is 0.560. The van der Waals surface area contributed by atoms with E-state index in [1.54, 1.807) is 7.11 Å². The molecule has 2 saturated heterocycles. The van der Waals surface area contributed by atoms with Gasteiger partial charge in [0.25, 0.3) is 0 Å². The maximum Gasteiger partial charge on any atom is 0.232 e. The molecule has 2 N–H and O–H groups in total. The van der Waals surface area contributed by atoms with Gasteiger partial charge in [0.2, 0.25) is 5.95 Å². The van der Waals surface area contributed by atoms with E-state index in [1.807, 2.05) is 0 Å². The minimum Gasteiger partial charge on any atom is -0.385 e. The number of nitrogens with zero attached hydrogens (tertiary/aromatic N) is 5. The van der Waals surface area contributed by atoms with Crippen LogP contribution in [-0.2, 0) is 4.74 Å². The summed E-state index contributed by atoms with van der Waals surface area (Å²) in [6, 6.07) is 13.2. The van der Waals surface area contributed by atoms with Gasteiger partial charge in [0, 0.05) is 70.8 Å². The fourth-order valence-corrected chi connectivity index (χ4v) is 4.82. The van der Waals surface area contributed by atoms with E-state index in [9.17, 15) is 0 Å². The highest BCUT2D eigenvalue weighted by Crippen LogP contribution is 2.28. The van der Waals surface area contributed by atoms with Crippen molar-refractivity contribution in [2.75, 3.05) is 73.0 Å². The molecule has 9 heteroatoms. The van der Waals surface area contributed by atoms with Crippen molar-refractivity contribution in [1.29, 1.82) is 0 Å². The monoisotopic (exact) mass is 483 g/mol. The van der Waals surface area contributed by atoms with Crippen molar-refractivity contribution in [2.24, 2.45) is 0 Å². The van der Waals surface area contributed by atoms with Crippen molar-refractivity contribution in [3.63, 3.8) is 0 Å². The van der Waals surface area contributed by atoms with Crippen molar-refractivity contribution >= 4 is 40.6 Å². The number of rotatable bonds is 8. The van der Waals surface area contributed by atoms with Gasteiger partial charge in [0.15, 0.2) is 5.11 Å². The standard InChI is InChI=1S/C25H37N7OS/c1-20-9-6-7-13-32(20)23-19-22(27-24(28-23)29-25(34)26-12-8-18-33-2)31-16-14-30(15-17-31)21-10-4-3-5-11-21/h3-5,10-11,19-20H,6-9,12-18H2,1-2H3,(H2,26,27,28,29,34). The zero-order chi connectivity index (χ0) is 23.8. The number of nitrogens with one attached hydrogen (secondary N) is 2. The fourth-order valence-electron chi connectivity index (χ4n) is 4.62. The van der Waals surface area contributed by atoms with E-state index in [1.165, 1.54) is 24.9 Å². The normalized spacial score (nSPS) is 18.6. The number of benzene rings is 1. The Morgan fingerprint density at radius 2 is 1.76 bits per heavy atom. The number of anilines is 4. The summed E-state index contributed by atoms with van der Waals surface area (Å²) in [5.41, 5.74) is 1.28. The molecule has 0 radical (unpaired) electrons. The summed E-state index contributed by atoms with van der Waals surface area (Å²) in [6.45, 7) is 8.52. The van der Waals surface area contributed by atoms with Crippen molar-refractivity contribution in [1.82, 2.24) is 15.3 Å². The third-order valence-corrected chi connectivity index (χ3v) is 6.80. The van der Waals surface area contributed by atoms with Crippen LogP contribution in [0.15, 0.2) is 36.4 Å². The molecule has 0 aliphatic carbocycles. The minimum atomic E-state index is 0.471. The first-order chi connectivity index (χ1) is 16.6.